The van der Waals surface area contributed by atoms with Crippen LogP contribution >= 0.6 is 46.0 Å². The number of hydrazine groups is 1. The summed E-state index contributed by atoms with van der Waals surface area (Å²) in [5.41, 5.74) is 2.75. The van der Waals surface area contributed by atoms with Gasteiger partial charge < -0.3 is 4.74 Å². The van der Waals surface area contributed by atoms with Crippen molar-refractivity contribution < 1.29 is 19.1 Å². The van der Waals surface area contributed by atoms with Gasteiger partial charge in [0.25, 0.3) is 0 Å². The Morgan fingerprint density at radius 3 is 2.73 bits per heavy atom. The summed E-state index contributed by atoms with van der Waals surface area (Å²) in [4.78, 5) is 38.3. The number of thiophene rings is 2. The van der Waals surface area contributed by atoms with Crippen molar-refractivity contribution in [1.82, 2.24) is 10.0 Å². The fraction of sp³-hybridized carbons (Fsp3) is 0.222. The predicted octanol–water partition coefficient (Wildman–Crippen LogP) is 6.25. The van der Waals surface area contributed by atoms with Crippen molar-refractivity contribution in [2.75, 3.05) is 20.2 Å². The summed E-state index contributed by atoms with van der Waals surface area (Å²) in [6.07, 6.45) is 2.87. The van der Waals surface area contributed by atoms with Gasteiger partial charge in [-0.2, -0.15) is 11.3 Å². The Balaban J connectivity index is 1.33. The molecule has 0 bridgehead atoms. The van der Waals surface area contributed by atoms with Crippen molar-refractivity contribution in [3.8, 4) is 11.8 Å². The number of carbonyl (C=O) groups excluding carboxylic acids is 3. The fourth-order valence-corrected chi connectivity index (χ4v) is 6.17. The smallest absolute Gasteiger partial charge is 0.348 e. The van der Waals surface area contributed by atoms with Gasteiger partial charge in [0.1, 0.15) is 10.7 Å². The molecule has 1 aliphatic heterocycles. The van der Waals surface area contributed by atoms with Gasteiger partial charge in [-0.15, -0.1) is 11.3 Å². The van der Waals surface area contributed by atoms with Crippen LogP contribution in [0.2, 0.25) is 5.02 Å². The van der Waals surface area contributed by atoms with E-state index in [1.165, 1.54) is 18.4 Å². The van der Waals surface area contributed by atoms with Crippen molar-refractivity contribution in [1.29, 1.82) is 0 Å². The lowest BCUT2D eigenvalue weighted by Gasteiger charge is -2.35. The van der Waals surface area contributed by atoms with Crippen LogP contribution in [-0.2, 0) is 22.4 Å². The number of hydrogen-bond acceptors (Lipinski definition) is 8. The maximum atomic E-state index is 12.8. The minimum Gasteiger partial charge on any atom is -0.465 e. The lowest BCUT2D eigenvalue weighted by Crippen LogP contribution is -2.45. The fourth-order valence-electron chi connectivity index (χ4n) is 3.60. The molecule has 0 unspecified atom stereocenters. The number of nitrogens with zero attached hydrogens (tertiary/aromatic N) is 2. The monoisotopic (exact) mass is 570 g/mol. The number of methoxy groups -OCH3 is 1. The number of benzene rings is 1. The van der Waals surface area contributed by atoms with E-state index in [0.717, 1.165) is 33.3 Å². The number of thioether (sulfide) groups is 1. The number of carbonyl (C=O) groups is 3. The van der Waals surface area contributed by atoms with Crippen molar-refractivity contribution in [3.63, 3.8) is 0 Å². The molecule has 0 saturated heterocycles. The molecule has 4 rings (SSSR count). The van der Waals surface area contributed by atoms with E-state index >= 15 is 0 Å². The van der Waals surface area contributed by atoms with E-state index < -0.39 is 5.97 Å². The molecule has 1 aromatic carbocycles. The number of rotatable bonds is 9. The summed E-state index contributed by atoms with van der Waals surface area (Å²) in [7, 11) is 1.32. The van der Waals surface area contributed by atoms with Crippen molar-refractivity contribution in [2.24, 2.45) is 0 Å². The van der Waals surface area contributed by atoms with Crippen LogP contribution in [0.3, 0.4) is 0 Å². The number of amides is 1. The third-order valence-electron chi connectivity index (χ3n) is 5.44. The van der Waals surface area contributed by atoms with Gasteiger partial charge in [0.05, 0.1) is 12.1 Å². The molecule has 0 spiro atoms. The highest BCUT2D eigenvalue weighted by Crippen LogP contribution is 2.29. The molecule has 3 heterocycles. The molecule has 0 fully saturated rings. The van der Waals surface area contributed by atoms with E-state index in [1.54, 1.807) is 39.0 Å². The van der Waals surface area contributed by atoms with Gasteiger partial charge in [-0.05, 0) is 52.4 Å². The summed E-state index contributed by atoms with van der Waals surface area (Å²) < 4.78 is 4.75. The third kappa shape index (κ3) is 7.49. The quantitative estimate of drug-likeness (QED) is 0.224. The summed E-state index contributed by atoms with van der Waals surface area (Å²) in [6.45, 7) is 0.751. The highest BCUT2D eigenvalue weighted by molar-refractivity contribution is 8.16. The zero-order valence-corrected chi connectivity index (χ0v) is 23.1. The van der Waals surface area contributed by atoms with Crippen LogP contribution in [0, 0.1) is 11.8 Å². The van der Waals surface area contributed by atoms with Gasteiger partial charge in [0.2, 0.25) is 0 Å². The molecule has 1 aliphatic rings. The second-order valence-corrected chi connectivity index (χ2v) is 11.2. The highest BCUT2D eigenvalue weighted by Gasteiger charge is 2.24. The van der Waals surface area contributed by atoms with E-state index in [4.69, 9.17) is 16.3 Å². The molecule has 0 saturated carbocycles. The molecule has 37 heavy (non-hydrogen) atoms. The van der Waals surface area contributed by atoms with Gasteiger partial charge in [0, 0.05) is 59.9 Å². The first-order valence-corrected chi connectivity index (χ1v) is 14.4. The molecule has 3 aromatic rings. The number of ketones is 1. The lowest BCUT2D eigenvalue weighted by molar-refractivity contribution is -0.119. The lowest BCUT2D eigenvalue weighted by atomic mass is 10.0. The van der Waals surface area contributed by atoms with Crippen molar-refractivity contribution in [3.05, 3.63) is 90.2 Å². The average Bonchev–Trinajstić information content (AvgIpc) is 3.55. The van der Waals surface area contributed by atoms with Crippen LogP contribution in [0.1, 0.15) is 37.7 Å². The summed E-state index contributed by atoms with van der Waals surface area (Å²) in [5, 5.41) is 9.41. The SMILES string of the molecule is COC(=O)c1cc(Cl)c(CCN2C(=O)SC=CN2CCC(=O)Cc2cccc(C#Cc3ccsc3)c2)s1. The first-order valence-electron chi connectivity index (χ1n) is 11.4. The van der Waals surface area contributed by atoms with Crippen molar-refractivity contribution in [2.45, 2.75) is 19.3 Å². The van der Waals surface area contributed by atoms with Crippen LogP contribution in [-0.4, -0.2) is 47.2 Å². The molecular formula is C27H23ClN2O4S3. The Hall–Kier alpha value is -3.03. The summed E-state index contributed by atoms with van der Waals surface area (Å²) in [6, 6.07) is 11.3. The Labute approximate surface area is 232 Å². The maximum Gasteiger partial charge on any atom is 0.348 e. The molecular weight excluding hydrogens is 548 g/mol. The van der Waals surface area contributed by atoms with E-state index in [1.807, 2.05) is 41.1 Å². The van der Waals surface area contributed by atoms with E-state index in [2.05, 4.69) is 11.8 Å². The topological polar surface area (TPSA) is 66.9 Å². The molecule has 1 amide bonds. The molecule has 0 N–H and O–H groups in total. The van der Waals surface area contributed by atoms with Crippen LogP contribution in [0.25, 0.3) is 0 Å². The first kappa shape index (κ1) is 27.0. The number of ether oxygens (including phenoxy) is 1. The van der Waals surface area contributed by atoms with Gasteiger partial charge in [-0.1, -0.05) is 35.6 Å². The molecule has 0 radical (unpaired) electrons. The Kier molecular flexibility index (Phi) is 9.47. The third-order valence-corrected chi connectivity index (χ3v) is 8.42. The van der Waals surface area contributed by atoms with E-state index in [-0.39, 0.29) is 17.4 Å². The van der Waals surface area contributed by atoms with Gasteiger partial charge in [0.15, 0.2) is 0 Å². The normalized spacial score (nSPS) is 12.9. The number of halogens is 1. The zero-order chi connectivity index (χ0) is 26.2. The molecule has 0 aliphatic carbocycles. The largest absolute Gasteiger partial charge is 0.465 e. The van der Waals surface area contributed by atoms with E-state index in [9.17, 15) is 14.4 Å². The molecule has 0 atom stereocenters. The maximum absolute atomic E-state index is 12.8. The van der Waals surface area contributed by atoms with Gasteiger partial charge >= 0.3 is 11.2 Å². The minimum absolute atomic E-state index is 0.0750. The first-order chi connectivity index (χ1) is 17.9. The standard InChI is InChI=1S/C27H23ClN2O4S3/c1-34-26(32)25-17-23(28)24(37-25)8-11-30-27(33)36-14-12-29(30)10-7-22(31)16-21-4-2-3-19(15-21)5-6-20-9-13-35-18-20/h2-4,9,12-15,17-18H,7-8,10-11,16H2,1H3. The second kappa shape index (κ2) is 13.0. The number of hydrogen-bond donors (Lipinski definition) is 0. The summed E-state index contributed by atoms with van der Waals surface area (Å²) in [5.74, 6) is 5.91. The predicted molar refractivity (Wildman–Crippen MR) is 150 cm³/mol. The Morgan fingerprint density at radius 2 is 1.95 bits per heavy atom. The number of Topliss-reactive ketones (excluding diaryl/α,β-unsaturated/α-hetero) is 1. The van der Waals surface area contributed by atoms with Crippen LogP contribution in [0.5, 0.6) is 0 Å². The molecule has 6 nitrogen and oxygen atoms in total. The molecule has 190 valence electrons. The van der Waals surface area contributed by atoms with Crippen LogP contribution in [0.4, 0.5) is 4.79 Å². The Bertz CT molecular complexity index is 1370. The van der Waals surface area contributed by atoms with Crippen LogP contribution in [0.15, 0.2) is 58.8 Å². The van der Waals surface area contributed by atoms with Gasteiger partial charge in [-0.3, -0.25) is 14.6 Å². The van der Waals surface area contributed by atoms with Gasteiger partial charge in [-0.25, -0.2) is 9.80 Å². The van der Waals surface area contributed by atoms with E-state index in [0.29, 0.717) is 35.8 Å². The average molecular weight is 571 g/mol. The van der Waals surface area contributed by atoms with Crippen molar-refractivity contribution >= 4 is 63.0 Å². The Morgan fingerprint density at radius 1 is 1.11 bits per heavy atom. The molecule has 10 heteroatoms. The van der Waals surface area contributed by atoms with Crippen LogP contribution < -0.4 is 0 Å². The highest BCUT2D eigenvalue weighted by atomic mass is 35.5. The molecule has 2 aromatic heterocycles. The number of esters is 1. The zero-order valence-electron chi connectivity index (χ0n) is 19.9. The second-order valence-electron chi connectivity index (χ2n) is 8.01. The minimum atomic E-state index is -0.439. The summed E-state index contributed by atoms with van der Waals surface area (Å²) >= 11 is 10.2.